The lowest BCUT2D eigenvalue weighted by molar-refractivity contribution is -0.150. The number of carboxylic acids is 1. The highest BCUT2D eigenvalue weighted by molar-refractivity contribution is 9.11. The monoisotopic (exact) mass is 502 g/mol. The number of hydrogen-bond acceptors (Lipinski definition) is 4. The van der Waals surface area contributed by atoms with Crippen LogP contribution in [0.25, 0.3) is 0 Å². The third-order valence-corrected chi connectivity index (χ3v) is 7.09. The Bertz CT molecular complexity index is 771. The standard InChI is InChI=1S/C17H16Br2N2O4S/c18-7-6-10-13(17(24)25)21-15(23)12(16(21)26-14(10)19)20-11(22)8-9-4-2-1-3-5-9/h1-5,12,14,16H,6-8H2,(H,20,22)(H,24,25)/t12-,14?,16+/m1/s1. The van der Waals surface area contributed by atoms with Crippen molar-refractivity contribution < 1.29 is 19.5 Å². The summed E-state index contributed by atoms with van der Waals surface area (Å²) in [4.78, 5) is 37.8. The predicted octanol–water partition coefficient (Wildman–Crippen LogP) is 2.47. The van der Waals surface area contributed by atoms with Gasteiger partial charge in [-0.1, -0.05) is 62.2 Å². The van der Waals surface area contributed by atoms with Crippen LogP contribution in [-0.4, -0.2) is 48.7 Å². The van der Waals surface area contributed by atoms with E-state index in [1.165, 1.54) is 16.7 Å². The minimum absolute atomic E-state index is 0.0219. The number of fused-ring (bicyclic) bond motifs is 1. The van der Waals surface area contributed by atoms with Crippen LogP contribution in [0.1, 0.15) is 12.0 Å². The van der Waals surface area contributed by atoms with Crippen molar-refractivity contribution in [2.75, 3.05) is 5.33 Å². The number of thioether (sulfide) groups is 1. The maximum absolute atomic E-state index is 12.5. The lowest BCUT2D eigenvalue weighted by Crippen LogP contribution is -2.71. The fourth-order valence-electron chi connectivity index (χ4n) is 3.02. The smallest absolute Gasteiger partial charge is 0.352 e. The largest absolute Gasteiger partial charge is 0.477 e. The third-order valence-electron chi connectivity index (χ3n) is 4.21. The van der Waals surface area contributed by atoms with Gasteiger partial charge in [-0.3, -0.25) is 14.5 Å². The molecule has 0 bridgehead atoms. The average Bonchev–Trinajstić information content (AvgIpc) is 2.61. The number of hydrogen-bond donors (Lipinski definition) is 2. The molecule has 3 atom stereocenters. The Kier molecular flexibility index (Phi) is 6.09. The van der Waals surface area contributed by atoms with Crippen LogP contribution in [0, 0.1) is 0 Å². The van der Waals surface area contributed by atoms with E-state index in [-0.39, 0.29) is 28.1 Å². The van der Waals surface area contributed by atoms with Gasteiger partial charge in [-0.25, -0.2) is 4.79 Å². The summed E-state index contributed by atoms with van der Waals surface area (Å²) in [5.74, 6) is -1.76. The van der Waals surface area contributed by atoms with Gasteiger partial charge in [-0.15, -0.1) is 11.8 Å². The molecule has 0 aromatic heterocycles. The minimum atomic E-state index is -1.13. The Morgan fingerprint density at radius 1 is 1.27 bits per heavy atom. The van der Waals surface area contributed by atoms with Crippen molar-refractivity contribution in [3.05, 3.63) is 47.2 Å². The molecule has 0 saturated carbocycles. The molecule has 1 aromatic carbocycles. The van der Waals surface area contributed by atoms with Gasteiger partial charge in [0.15, 0.2) is 0 Å². The first kappa shape index (κ1) is 19.4. The molecule has 2 amide bonds. The number of rotatable bonds is 6. The van der Waals surface area contributed by atoms with Crippen molar-refractivity contribution in [2.24, 2.45) is 0 Å². The molecule has 0 aliphatic carbocycles. The van der Waals surface area contributed by atoms with Crippen LogP contribution in [0.3, 0.4) is 0 Å². The van der Waals surface area contributed by atoms with Crippen LogP contribution in [-0.2, 0) is 20.8 Å². The summed E-state index contributed by atoms with van der Waals surface area (Å²) in [5, 5.41) is 12.5. The van der Waals surface area contributed by atoms with Gasteiger partial charge in [0, 0.05) is 5.33 Å². The summed E-state index contributed by atoms with van der Waals surface area (Å²) in [7, 11) is 0. The molecule has 2 heterocycles. The molecule has 1 aromatic rings. The second-order valence-electron chi connectivity index (χ2n) is 5.88. The van der Waals surface area contributed by atoms with Gasteiger partial charge in [0.05, 0.1) is 10.6 Å². The number of nitrogens with one attached hydrogen (secondary N) is 1. The zero-order chi connectivity index (χ0) is 18.8. The summed E-state index contributed by atoms with van der Waals surface area (Å²) < 4.78 is -0.214. The second kappa shape index (κ2) is 8.14. The Morgan fingerprint density at radius 3 is 2.58 bits per heavy atom. The first-order chi connectivity index (χ1) is 12.4. The maximum atomic E-state index is 12.5. The van der Waals surface area contributed by atoms with Crippen molar-refractivity contribution in [3.8, 4) is 0 Å². The lowest BCUT2D eigenvalue weighted by atomic mass is 10.0. The quantitative estimate of drug-likeness (QED) is 0.460. The number of aliphatic carboxylic acids is 1. The second-order valence-corrected chi connectivity index (χ2v) is 9.42. The minimum Gasteiger partial charge on any atom is -0.477 e. The highest BCUT2D eigenvalue weighted by Gasteiger charge is 2.55. The number of carbonyl (C=O) groups excluding carboxylic acids is 2. The number of nitrogens with zero attached hydrogens (tertiary/aromatic N) is 1. The van der Waals surface area contributed by atoms with Gasteiger partial charge < -0.3 is 10.4 Å². The fourth-order valence-corrected chi connectivity index (χ4v) is 5.87. The summed E-state index contributed by atoms with van der Waals surface area (Å²) in [6.07, 6.45) is 0.697. The van der Waals surface area contributed by atoms with E-state index < -0.39 is 17.4 Å². The van der Waals surface area contributed by atoms with Crippen molar-refractivity contribution in [1.82, 2.24) is 10.2 Å². The normalized spacial score (nSPS) is 24.8. The number of β-lactam (4-membered cyclic amide) rings is 1. The fraction of sp³-hybridized carbons (Fsp3) is 0.353. The Labute approximate surface area is 171 Å². The van der Waals surface area contributed by atoms with Crippen LogP contribution in [0.5, 0.6) is 0 Å². The number of alkyl halides is 2. The van der Waals surface area contributed by atoms with E-state index in [4.69, 9.17) is 0 Å². The summed E-state index contributed by atoms with van der Waals surface area (Å²) in [5.41, 5.74) is 1.54. The van der Waals surface area contributed by atoms with Gasteiger partial charge in [0.1, 0.15) is 17.1 Å². The number of amides is 2. The molecule has 0 radical (unpaired) electrons. The molecule has 2 aliphatic rings. The van der Waals surface area contributed by atoms with Gasteiger partial charge in [-0.05, 0) is 17.6 Å². The van der Waals surface area contributed by atoms with E-state index in [1.807, 2.05) is 30.3 Å². The SMILES string of the molecule is O=C(Cc1ccccc1)N[C@@H]1C(=O)N2C(C(=O)O)=C(CCBr)C(Br)S[C@@H]12. The van der Waals surface area contributed by atoms with E-state index in [1.54, 1.807) is 0 Å². The predicted molar refractivity (Wildman–Crippen MR) is 106 cm³/mol. The van der Waals surface area contributed by atoms with Crippen LogP contribution < -0.4 is 5.32 Å². The molecule has 9 heteroatoms. The zero-order valence-corrected chi connectivity index (χ0v) is 17.5. The van der Waals surface area contributed by atoms with Crippen LogP contribution in [0.4, 0.5) is 0 Å². The van der Waals surface area contributed by atoms with E-state index in [0.29, 0.717) is 17.3 Å². The molecular formula is C17H16Br2N2O4S. The van der Waals surface area contributed by atoms with Crippen molar-refractivity contribution in [1.29, 1.82) is 0 Å². The van der Waals surface area contributed by atoms with Gasteiger partial charge in [0.2, 0.25) is 5.91 Å². The third kappa shape index (κ3) is 3.70. The Hall–Kier alpha value is -1.32. The zero-order valence-electron chi connectivity index (χ0n) is 13.5. The molecule has 26 heavy (non-hydrogen) atoms. The molecule has 2 aliphatic heterocycles. The molecule has 3 rings (SSSR count). The van der Waals surface area contributed by atoms with Gasteiger partial charge in [-0.2, -0.15) is 0 Å². The van der Waals surface area contributed by atoms with E-state index >= 15 is 0 Å². The van der Waals surface area contributed by atoms with E-state index in [0.717, 1.165) is 5.56 Å². The average molecular weight is 504 g/mol. The highest BCUT2D eigenvalue weighted by Crippen LogP contribution is 2.47. The van der Waals surface area contributed by atoms with Crippen molar-refractivity contribution >= 4 is 61.4 Å². The summed E-state index contributed by atoms with van der Waals surface area (Å²) in [6, 6.07) is 8.54. The Balaban J connectivity index is 1.74. The molecule has 1 fully saturated rings. The summed E-state index contributed by atoms with van der Waals surface area (Å²) >= 11 is 8.25. The number of benzene rings is 1. The maximum Gasteiger partial charge on any atom is 0.352 e. The van der Waals surface area contributed by atoms with E-state index in [2.05, 4.69) is 37.2 Å². The highest BCUT2D eigenvalue weighted by atomic mass is 79.9. The van der Waals surface area contributed by atoms with Crippen molar-refractivity contribution in [2.45, 2.75) is 28.4 Å². The molecule has 0 spiro atoms. The van der Waals surface area contributed by atoms with Crippen LogP contribution in [0.15, 0.2) is 41.6 Å². The number of halogens is 2. The molecular weight excluding hydrogens is 488 g/mol. The van der Waals surface area contributed by atoms with Crippen LogP contribution >= 0.6 is 43.6 Å². The molecule has 6 nitrogen and oxygen atoms in total. The Morgan fingerprint density at radius 2 is 1.96 bits per heavy atom. The van der Waals surface area contributed by atoms with Crippen LogP contribution in [0.2, 0.25) is 0 Å². The number of carbonyl (C=O) groups is 3. The number of carboxylic acid groups (broad SMARTS) is 1. The molecule has 2 N–H and O–H groups in total. The lowest BCUT2D eigenvalue weighted by Gasteiger charge is -2.50. The topological polar surface area (TPSA) is 86.7 Å². The van der Waals surface area contributed by atoms with Gasteiger partial charge >= 0.3 is 5.97 Å². The van der Waals surface area contributed by atoms with E-state index in [9.17, 15) is 19.5 Å². The van der Waals surface area contributed by atoms with Gasteiger partial charge in [0.25, 0.3) is 5.91 Å². The molecule has 1 saturated heterocycles. The summed E-state index contributed by atoms with van der Waals surface area (Å²) in [6.45, 7) is 0. The first-order valence-corrected chi connectivity index (χ1v) is 10.9. The molecule has 1 unspecified atom stereocenters. The molecule has 138 valence electrons. The van der Waals surface area contributed by atoms with Crippen molar-refractivity contribution in [3.63, 3.8) is 0 Å². The first-order valence-electron chi connectivity index (χ1n) is 7.92.